The SMILES string of the molecule is CCNc1nc(N2CCN(c3ccccc3OC)CC2)nc2ccccc12. The van der Waals surface area contributed by atoms with Gasteiger partial charge in [-0.25, -0.2) is 4.98 Å². The van der Waals surface area contributed by atoms with Crippen LogP contribution in [0, 0.1) is 0 Å². The van der Waals surface area contributed by atoms with E-state index in [4.69, 9.17) is 14.7 Å². The number of anilines is 3. The van der Waals surface area contributed by atoms with Gasteiger partial charge in [0, 0.05) is 38.1 Å². The second-order valence-corrected chi connectivity index (χ2v) is 6.57. The van der Waals surface area contributed by atoms with Crippen LogP contribution in [-0.4, -0.2) is 49.8 Å². The van der Waals surface area contributed by atoms with Gasteiger partial charge in [-0.3, -0.25) is 0 Å². The van der Waals surface area contributed by atoms with E-state index in [0.717, 1.165) is 66.8 Å². The van der Waals surface area contributed by atoms with E-state index >= 15 is 0 Å². The first-order valence-electron chi connectivity index (χ1n) is 9.43. The lowest BCUT2D eigenvalue weighted by Crippen LogP contribution is -2.47. The maximum Gasteiger partial charge on any atom is 0.228 e. The van der Waals surface area contributed by atoms with Crippen molar-refractivity contribution in [1.29, 1.82) is 0 Å². The summed E-state index contributed by atoms with van der Waals surface area (Å²) in [6, 6.07) is 16.3. The molecule has 1 fully saturated rings. The van der Waals surface area contributed by atoms with Crippen LogP contribution in [0.4, 0.5) is 17.5 Å². The van der Waals surface area contributed by atoms with Crippen molar-refractivity contribution in [2.24, 2.45) is 0 Å². The Morgan fingerprint density at radius 3 is 2.41 bits per heavy atom. The highest BCUT2D eigenvalue weighted by Crippen LogP contribution is 2.29. The molecule has 1 aliphatic heterocycles. The van der Waals surface area contributed by atoms with Crippen LogP contribution in [0.1, 0.15) is 6.92 Å². The topological polar surface area (TPSA) is 53.5 Å². The summed E-state index contributed by atoms with van der Waals surface area (Å²) in [5.41, 5.74) is 2.12. The van der Waals surface area contributed by atoms with E-state index in [9.17, 15) is 0 Å². The molecule has 1 N–H and O–H groups in total. The molecule has 1 saturated heterocycles. The minimum atomic E-state index is 0.796. The molecule has 6 nitrogen and oxygen atoms in total. The Kier molecular flexibility index (Phi) is 4.96. The van der Waals surface area contributed by atoms with Crippen LogP contribution in [0.5, 0.6) is 5.75 Å². The maximum absolute atomic E-state index is 5.51. The van der Waals surface area contributed by atoms with E-state index in [2.05, 4.69) is 40.2 Å². The molecule has 0 aliphatic carbocycles. The Morgan fingerprint density at radius 1 is 0.926 bits per heavy atom. The van der Waals surface area contributed by atoms with Gasteiger partial charge in [0.2, 0.25) is 5.95 Å². The fraction of sp³-hybridized carbons (Fsp3) is 0.333. The number of para-hydroxylation sites is 3. The fourth-order valence-corrected chi connectivity index (χ4v) is 3.55. The number of aromatic nitrogens is 2. The van der Waals surface area contributed by atoms with E-state index in [-0.39, 0.29) is 0 Å². The fourth-order valence-electron chi connectivity index (χ4n) is 3.55. The molecular formula is C21H25N5O. The summed E-state index contributed by atoms with van der Waals surface area (Å²) in [7, 11) is 1.72. The number of rotatable bonds is 5. The third-order valence-corrected chi connectivity index (χ3v) is 4.92. The molecule has 1 aliphatic rings. The third-order valence-electron chi connectivity index (χ3n) is 4.92. The summed E-state index contributed by atoms with van der Waals surface area (Å²) < 4.78 is 5.51. The summed E-state index contributed by atoms with van der Waals surface area (Å²) in [6.07, 6.45) is 0. The van der Waals surface area contributed by atoms with Crippen molar-refractivity contribution in [3.05, 3.63) is 48.5 Å². The van der Waals surface area contributed by atoms with Crippen LogP contribution in [-0.2, 0) is 0 Å². The van der Waals surface area contributed by atoms with Crippen molar-refractivity contribution in [3.63, 3.8) is 0 Å². The number of nitrogens with zero attached hydrogens (tertiary/aromatic N) is 4. The molecular weight excluding hydrogens is 338 g/mol. The van der Waals surface area contributed by atoms with Crippen LogP contribution >= 0.6 is 0 Å². The van der Waals surface area contributed by atoms with E-state index in [1.54, 1.807) is 7.11 Å². The first-order chi connectivity index (χ1) is 13.3. The minimum absolute atomic E-state index is 0.796. The summed E-state index contributed by atoms with van der Waals surface area (Å²) in [5.74, 6) is 2.62. The van der Waals surface area contributed by atoms with Gasteiger partial charge in [-0.15, -0.1) is 0 Å². The highest BCUT2D eigenvalue weighted by atomic mass is 16.5. The van der Waals surface area contributed by atoms with Gasteiger partial charge in [0.05, 0.1) is 18.3 Å². The molecule has 0 unspecified atom stereocenters. The summed E-state index contributed by atoms with van der Waals surface area (Å²) in [4.78, 5) is 14.2. The van der Waals surface area contributed by atoms with E-state index in [1.165, 1.54) is 0 Å². The molecule has 2 heterocycles. The average Bonchev–Trinajstić information content (AvgIpc) is 2.74. The van der Waals surface area contributed by atoms with Gasteiger partial charge in [-0.2, -0.15) is 4.98 Å². The number of piperazine rings is 1. The van der Waals surface area contributed by atoms with Gasteiger partial charge in [0.15, 0.2) is 0 Å². The zero-order valence-electron chi connectivity index (χ0n) is 15.9. The van der Waals surface area contributed by atoms with Gasteiger partial charge in [0.1, 0.15) is 11.6 Å². The molecule has 0 atom stereocenters. The smallest absolute Gasteiger partial charge is 0.228 e. The first-order valence-corrected chi connectivity index (χ1v) is 9.43. The molecule has 1 aromatic heterocycles. The van der Waals surface area contributed by atoms with Crippen LogP contribution in [0.25, 0.3) is 10.9 Å². The Hall–Kier alpha value is -3.02. The van der Waals surface area contributed by atoms with E-state index in [1.807, 2.05) is 30.3 Å². The van der Waals surface area contributed by atoms with Crippen LogP contribution in [0.15, 0.2) is 48.5 Å². The monoisotopic (exact) mass is 363 g/mol. The number of fused-ring (bicyclic) bond motifs is 1. The third kappa shape index (κ3) is 3.47. The molecule has 6 heteroatoms. The first kappa shape index (κ1) is 17.4. The minimum Gasteiger partial charge on any atom is -0.495 e. The summed E-state index contributed by atoms with van der Waals surface area (Å²) in [6.45, 7) is 6.49. The number of benzene rings is 2. The van der Waals surface area contributed by atoms with Crippen LogP contribution in [0.2, 0.25) is 0 Å². The van der Waals surface area contributed by atoms with Gasteiger partial charge in [-0.05, 0) is 31.2 Å². The quantitative estimate of drug-likeness (QED) is 0.750. The van der Waals surface area contributed by atoms with Crippen molar-refractivity contribution < 1.29 is 4.74 Å². The summed E-state index contributed by atoms with van der Waals surface area (Å²) in [5, 5.41) is 4.44. The average molecular weight is 363 g/mol. The molecule has 0 saturated carbocycles. The molecule has 2 aromatic carbocycles. The van der Waals surface area contributed by atoms with Gasteiger partial charge in [-0.1, -0.05) is 24.3 Å². The molecule has 27 heavy (non-hydrogen) atoms. The number of hydrogen-bond acceptors (Lipinski definition) is 6. The van der Waals surface area contributed by atoms with Crippen molar-refractivity contribution in [3.8, 4) is 5.75 Å². The van der Waals surface area contributed by atoms with Gasteiger partial charge >= 0.3 is 0 Å². The number of hydrogen-bond donors (Lipinski definition) is 1. The molecule has 4 rings (SSSR count). The highest BCUT2D eigenvalue weighted by Gasteiger charge is 2.22. The standard InChI is InChI=1S/C21H25N5O/c1-3-22-20-16-8-4-5-9-17(16)23-21(24-20)26-14-12-25(13-15-26)18-10-6-7-11-19(18)27-2/h4-11H,3,12-15H2,1-2H3,(H,22,23,24). The molecule has 0 amide bonds. The molecule has 140 valence electrons. The molecule has 0 radical (unpaired) electrons. The Morgan fingerprint density at radius 2 is 1.63 bits per heavy atom. The molecule has 0 spiro atoms. The highest BCUT2D eigenvalue weighted by molar-refractivity contribution is 5.90. The largest absolute Gasteiger partial charge is 0.495 e. The Labute approximate surface area is 159 Å². The lowest BCUT2D eigenvalue weighted by Gasteiger charge is -2.36. The summed E-state index contributed by atoms with van der Waals surface area (Å²) >= 11 is 0. The Bertz CT molecular complexity index is 921. The second-order valence-electron chi connectivity index (χ2n) is 6.57. The number of ether oxygens (including phenoxy) is 1. The maximum atomic E-state index is 5.51. The lowest BCUT2D eigenvalue weighted by atomic mass is 10.2. The van der Waals surface area contributed by atoms with Crippen LogP contribution < -0.4 is 19.9 Å². The van der Waals surface area contributed by atoms with E-state index < -0.39 is 0 Å². The molecule has 3 aromatic rings. The lowest BCUT2D eigenvalue weighted by molar-refractivity contribution is 0.413. The number of methoxy groups -OCH3 is 1. The second kappa shape index (κ2) is 7.70. The normalized spacial score (nSPS) is 14.4. The van der Waals surface area contributed by atoms with Gasteiger partial charge in [0.25, 0.3) is 0 Å². The zero-order valence-corrected chi connectivity index (χ0v) is 15.9. The van der Waals surface area contributed by atoms with Crippen molar-refractivity contribution in [2.75, 3.05) is 55.0 Å². The molecule has 0 bridgehead atoms. The zero-order chi connectivity index (χ0) is 18.6. The predicted octanol–water partition coefficient (Wildman–Crippen LogP) is 3.40. The predicted molar refractivity (Wildman–Crippen MR) is 111 cm³/mol. The van der Waals surface area contributed by atoms with Gasteiger partial charge < -0.3 is 19.9 Å². The Balaban J connectivity index is 1.56. The van der Waals surface area contributed by atoms with Crippen molar-refractivity contribution in [2.45, 2.75) is 6.92 Å². The van der Waals surface area contributed by atoms with Crippen molar-refractivity contribution >= 4 is 28.4 Å². The van der Waals surface area contributed by atoms with Crippen LogP contribution in [0.3, 0.4) is 0 Å². The van der Waals surface area contributed by atoms with E-state index in [0.29, 0.717) is 0 Å². The number of nitrogens with one attached hydrogen (secondary N) is 1. The van der Waals surface area contributed by atoms with Crippen molar-refractivity contribution in [1.82, 2.24) is 9.97 Å².